The Morgan fingerprint density at radius 3 is 2.15 bits per heavy atom. The van der Waals surface area contributed by atoms with Crippen LogP contribution in [0.1, 0.15) is 43.7 Å². The number of hydrogen-bond donors (Lipinski definition) is 2. The highest BCUT2D eigenvalue weighted by molar-refractivity contribution is 5.79. The zero-order valence-electron chi connectivity index (χ0n) is 15.6. The smallest absolute Gasteiger partial charge is 0.407 e. The molecule has 2 atom stereocenters. The molecule has 0 unspecified atom stereocenters. The molecule has 0 aromatic heterocycles. The van der Waals surface area contributed by atoms with Gasteiger partial charge in [0, 0.05) is 12.0 Å². The van der Waals surface area contributed by atoms with Gasteiger partial charge in [0.05, 0.1) is 6.42 Å². The van der Waals surface area contributed by atoms with Gasteiger partial charge in [0.1, 0.15) is 6.61 Å². The summed E-state index contributed by atoms with van der Waals surface area (Å²) < 4.78 is 5.50. The Bertz CT molecular complexity index is 787. The minimum atomic E-state index is -0.931. The molecule has 0 radical (unpaired) electrons. The van der Waals surface area contributed by atoms with E-state index < -0.39 is 18.1 Å². The summed E-state index contributed by atoms with van der Waals surface area (Å²) in [5.41, 5.74) is 4.64. The molecule has 2 N–H and O–H groups in total. The van der Waals surface area contributed by atoms with Crippen molar-refractivity contribution in [2.75, 3.05) is 6.61 Å². The number of benzene rings is 2. The van der Waals surface area contributed by atoms with E-state index in [0.717, 1.165) is 17.5 Å². The molecule has 3 rings (SSSR count). The van der Waals surface area contributed by atoms with Gasteiger partial charge >= 0.3 is 12.1 Å². The molecule has 0 saturated carbocycles. The van der Waals surface area contributed by atoms with Crippen molar-refractivity contribution < 1.29 is 19.4 Å². The Labute approximate surface area is 159 Å². The standard InChI is InChI=1S/C22H25NO4/c1-3-14(2)20(12-21(24)25)23-22(26)27-13-19-17-10-6-4-8-15(17)16-9-5-7-11-18(16)19/h4-11,14,19-20H,3,12-13H2,1-2H3,(H,23,26)(H,24,25)/t14-,20-/m0/s1. The molecule has 1 amide bonds. The molecule has 1 aliphatic carbocycles. The number of carbonyl (C=O) groups excluding carboxylic acids is 1. The van der Waals surface area contributed by atoms with Gasteiger partial charge in [0.15, 0.2) is 0 Å². The second kappa shape index (κ2) is 8.25. The van der Waals surface area contributed by atoms with Crippen LogP contribution in [-0.2, 0) is 9.53 Å². The van der Waals surface area contributed by atoms with Gasteiger partial charge in [0.2, 0.25) is 0 Å². The largest absolute Gasteiger partial charge is 0.481 e. The van der Waals surface area contributed by atoms with Gasteiger partial charge in [-0.3, -0.25) is 4.79 Å². The molecule has 142 valence electrons. The third-order valence-corrected chi connectivity index (χ3v) is 5.37. The van der Waals surface area contributed by atoms with Crippen LogP contribution in [0.3, 0.4) is 0 Å². The zero-order valence-corrected chi connectivity index (χ0v) is 15.6. The number of alkyl carbamates (subject to hydrolysis) is 1. The number of hydrogen-bond acceptors (Lipinski definition) is 3. The highest BCUT2D eigenvalue weighted by atomic mass is 16.5. The molecule has 2 aromatic rings. The number of rotatable bonds is 7. The lowest BCUT2D eigenvalue weighted by molar-refractivity contribution is -0.137. The van der Waals surface area contributed by atoms with Crippen LogP contribution in [0.5, 0.6) is 0 Å². The van der Waals surface area contributed by atoms with Gasteiger partial charge in [-0.1, -0.05) is 68.8 Å². The van der Waals surface area contributed by atoms with Crippen LogP contribution in [0.2, 0.25) is 0 Å². The van der Waals surface area contributed by atoms with Gasteiger partial charge in [-0.25, -0.2) is 4.79 Å². The molecule has 5 heteroatoms. The Morgan fingerprint density at radius 2 is 1.63 bits per heavy atom. The number of carbonyl (C=O) groups is 2. The first kappa shape index (κ1) is 19.0. The molecule has 0 saturated heterocycles. The molecular formula is C22H25NO4. The molecule has 0 aliphatic heterocycles. The molecular weight excluding hydrogens is 342 g/mol. The monoisotopic (exact) mass is 367 g/mol. The van der Waals surface area contributed by atoms with Crippen LogP contribution in [0, 0.1) is 5.92 Å². The highest BCUT2D eigenvalue weighted by Crippen LogP contribution is 2.44. The Morgan fingerprint density at radius 1 is 1.07 bits per heavy atom. The summed E-state index contributed by atoms with van der Waals surface area (Å²) in [7, 11) is 0. The van der Waals surface area contributed by atoms with Crippen LogP contribution < -0.4 is 5.32 Å². The second-order valence-corrected chi connectivity index (χ2v) is 7.06. The van der Waals surface area contributed by atoms with Crippen LogP contribution in [0.4, 0.5) is 4.79 Å². The molecule has 0 fully saturated rings. The number of nitrogens with one attached hydrogen (secondary N) is 1. The first-order valence-corrected chi connectivity index (χ1v) is 9.34. The van der Waals surface area contributed by atoms with E-state index >= 15 is 0 Å². The van der Waals surface area contributed by atoms with Crippen LogP contribution in [0.15, 0.2) is 48.5 Å². The number of ether oxygens (including phenoxy) is 1. The van der Waals surface area contributed by atoms with Crippen LogP contribution >= 0.6 is 0 Å². The first-order chi connectivity index (χ1) is 13.0. The molecule has 1 aliphatic rings. The maximum atomic E-state index is 12.3. The van der Waals surface area contributed by atoms with Crippen molar-refractivity contribution in [1.29, 1.82) is 0 Å². The molecule has 2 aromatic carbocycles. The fourth-order valence-electron chi connectivity index (χ4n) is 3.66. The average Bonchev–Trinajstić information content (AvgIpc) is 2.99. The fourth-order valence-corrected chi connectivity index (χ4v) is 3.66. The minimum Gasteiger partial charge on any atom is -0.481 e. The first-order valence-electron chi connectivity index (χ1n) is 9.34. The summed E-state index contributed by atoms with van der Waals surface area (Å²) in [6.45, 7) is 4.12. The maximum absolute atomic E-state index is 12.3. The van der Waals surface area contributed by atoms with Gasteiger partial charge in [-0.15, -0.1) is 0 Å². The SMILES string of the molecule is CC[C@H](C)[C@H](CC(=O)O)NC(=O)OCC1c2ccccc2-c2ccccc21. The van der Waals surface area contributed by atoms with E-state index in [0.29, 0.717) is 0 Å². The lowest BCUT2D eigenvalue weighted by atomic mass is 9.96. The van der Waals surface area contributed by atoms with Crippen molar-refractivity contribution in [2.45, 2.75) is 38.6 Å². The Hall–Kier alpha value is -2.82. The van der Waals surface area contributed by atoms with E-state index in [1.165, 1.54) is 11.1 Å². The van der Waals surface area contributed by atoms with Gasteiger partial charge < -0.3 is 15.2 Å². The summed E-state index contributed by atoms with van der Waals surface area (Å²) in [5.74, 6) is -0.884. The van der Waals surface area contributed by atoms with Crippen molar-refractivity contribution in [3.8, 4) is 11.1 Å². The summed E-state index contributed by atoms with van der Waals surface area (Å²) in [6, 6.07) is 15.8. The van der Waals surface area contributed by atoms with Crippen molar-refractivity contribution in [2.24, 2.45) is 5.92 Å². The minimum absolute atomic E-state index is 0.00956. The van der Waals surface area contributed by atoms with Crippen LogP contribution in [-0.4, -0.2) is 29.8 Å². The van der Waals surface area contributed by atoms with E-state index in [1.807, 2.05) is 38.1 Å². The van der Waals surface area contributed by atoms with E-state index in [1.54, 1.807) is 0 Å². The van der Waals surface area contributed by atoms with E-state index in [4.69, 9.17) is 9.84 Å². The molecule has 27 heavy (non-hydrogen) atoms. The average molecular weight is 367 g/mol. The predicted octanol–water partition coefficient (Wildman–Crippen LogP) is 4.41. The molecule has 5 nitrogen and oxygen atoms in total. The Balaban J connectivity index is 1.69. The normalized spacial score (nSPS) is 14.7. The fraction of sp³-hybridized carbons (Fsp3) is 0.364. The number of fused-ring (bicyclic) bond motifs is 3. The number of carboxylic acids is 1. The summed E-state index contributed by atoms with van der Waals surface area (Å²) in [5, 5.41) is 11.8. The lowest BCUT2D eigenvalue weighted by Gasteiger charge is -2.23. The third-order valence-electron chi connectivity index (χ3n) is 5.37. The quantitative estimate of drug-likeness (QED) is 0.760. The van der Waals surface area contributed by atoms with Crippen molar-refractivity contribution >= 4 is 12.1 Å². The summed E-state index contributed by atoms with van der Waals surface area (Å²) >= 11 is 0. The van der Waals surface area contributed by atoms with Crippen molar-refractivity contribution in [1.82, 2.24) is 5.32 Å². The topological polar surface area (TPSA) is 75.6 Å². The second-order valence-electron chi connectivity index (χ2n) is 7.06. The van der Waals surface area contributed by atoms with E-state index in [9.17, 15) is 9.59 Å². The van der Waals surface area contributed by atoms with Crippen molar-refractivity contribution in [3.05, 3.63) is 59.7 Å². The lowest BCUT2D eigenvalue weighted by Crippen LogP contribution is -2.41. The van der Waals surface area contributed by atoms with Gasteiger partial charge in [-0.2, -0.15) is 0 Å². The number of amides is 1. The molecule has 0 bridgehead atoms. The molecule has 0 heterocycles. The Kier molecular flexibility index (Phi) is 5.79. The maximum Gasteiger partial charge on any atom is 0.407 e. The van der Waals surface area contributed by atoms with E-state index in [2.05, 4.69) is 29.6 Å². The van der Waals surface area contributed by atoms with E-state index in [-0.39, 0.29) is 24.9 Å². The van der Waals surface area contributed by atoms with Gasteiger partial charge in [-0.05, 0) is 28.2 Å². The van der Waals surface area contributed by atoms with Gasteiger partial charge in [0.25, 0.3) is 0 Å². The highest BCUT2D eigenvalue weighted by Gasteiger charge is 2.29. The molecule has 0 spiro atoms. The zero-order chi connectivity index (χ0) is 19.4. The summed E-state index contributed by atoms with van der Waals surface area (Å²) in [4.78, 5) is 23.4. The third kappa shape index (κ3) is 4.13. The number of aliphatic carboxylic acids is 1. The summed E-state index contributed by atoms with van der Waals surface area (Å²) in [6.07, 6.45) is 0.101. The predicted molar refractivity (Wildman–Crippen MR) is 104 cm³/mol. The van der Waals surface area contributed by atoms with Crippen LogP contribution in [0.25, 0.3) is 11.1 Å². The van der Waals surface area contributed by atoms with Crippen molar-refractivity contribution in [3.63, 3.8) is 0 Å². The number of carboxylic acid groups (broad SMARTS) is 1.